The van der Waals surface area contributed by atoms with Crippen molar-refractivity contribution < 1.29 is 4.79 Å². The molecule has 1 atom stereocenters. The first-order valence-corrected chi connectivity index (χ1v) is 8.76. The van der Waals surface area contributed by atoms with Gasteiger partial charge in [-0.2, -0.15) is 0 Å². The van der Waals surface area contributed by atoms with Gasteiger partial charge in [0.15, 0.2) is 0 Å². The van der Waals surface area contributed by atoms with E-state index in [9.17, 15) is 4.79 Å². The number of carbonyl (C=O) groups excluding carboxylic acids is 1. The summed E-state index contributed by atoms with van der Waals surface area (Å²) in [6.07, 6.45) is 4.04. The molecule has 1 aliphatic heterocycles. The summed E-state index contributed by atoms with van der Waals surface area (Å²) in [7, 11) is 0. The second kappa shape index (κ2) is 6.77. The highest BCUT2D eigenvalue weighted by atomic mass is 35.5. The Morgan fingerprint density at radius 1 is 1.12 bits per heavy atom. The van der Waals surface area contributed by atoms with Crippen LogP contribution in [-0.4, -0.2) is 21.9 Å². The molecule has 1 aromatic heterocycles. The molecule has 0 saturated carbocycles. The van der Waals surface area contributed by atoms with Crippen LogP contribution >= 0.6 is 11.6 Å². The van der Waals surface area contributed by atoms with Crippen molar-refractivity contribution in [1.29, 1.82) is 0 Å². The molecule has 26 heavy (non-hydrogen) atoms. The first-order chi connectivity index (χ1) is 12.6. The first-order valence-electron chi connectivity index (χ1n) is 8.38. The van der Waals surface area contributed by atoms with E-state index < -0.39 is 0 Å². The van der Waals surface area contributed by atoms with Gasteiger partial charge >= 0.3 is 0 Å². The molecule has 0 spiro atoms. The lowest BCUT2D eigenvalue weighted by Gasteiger charge is -2.22. The van der Waals surface area contributed by atoms with Crippen LogP contribution in [-0.2, 0) is 6.42 Å². The fourth-order valence-corrected chi connectivity index (χ4v) is 3.37. The van der Waals surface area contributed by atoms with E-state index in [0.29, 0.717) is 22.2 Å². The van der Waals surface area contributed by atoms with E-state index in [2.05, 4.69) is 39.2 Å². The van der Waals surface area contributed by atoms with E-state index >= 15 is 0 Å². The average molecular weight is 365 g/mol. The van der Waals surface area contributed by atoms with Crippen molar-refractivity contribution in [3.05, 3.63) is 77.1 Å². The van der Waals surface area contributed by atoms with Gasteiger partial charge in [0.1, 0.15) is 0 Å². The fraction of sp³-hybridized carbons (Fsp3) is 0.150. The number of amides is 1. The zero-order chi connectivity index (χ0) is 18.1. The molecule has 1 N–H and O–H groups in total. The quantitative estimate of drug-likeness (QED) is 0.745. The molecule has 2 heterocycles. The highest BCUT2D eigenvalue weighted by molar-refractivity contribution is 6.33. The van der Waals surface area contributed by atoms with Crippen molar-refractivity contribution in [2.24, 2.45) is 0 Å². The van der Waals surface area contributed by atoms with Crippen LogP contribution in [0.15, 0.2) is 60.9 Å². The molecule has 5 nitrogen and oxygen atoms in total. The lowest BCUT2D eigenvalue weighted by molar-refractivity contribution is 0.102. The van der Waals surface area contributed by atoms with Crippen LogP contribution in [0, 0.1) is 0 Å². The zero-order valence-corrected chi connectivity index (χ0v) is 14.9. The molecule has 0 saturated heterocycles. The van der Waals surface area contributed by atoms with Gasteiger partial charge in [0, 0.05) is 24.1 Å². The minimum absolute atomic E-state index is 0.273. The standard InChI is InChI=1S/C20H17ClN4O/c1-13-10-14-6-2-5-9-18(14)25(13)20-22-11-15(12-23-20)19(26)24-17-8-4-3-7-16(17)21/h2-9,11-13H,10H2,1H3,(H,24,26). The van der Waals surface area contributed by atoms with Crippen LogP contribution in [0.5, 0.6) is 0 Å². The van der Waals surface area contributed by atoms with E-state index in [4.69, 9.17) is 11.6 Å². The number of fused-ring (bicyclic) bond motifs is 1. The van der Waals surface area contributed by atoms with Crippen molar-refractivity contribution in [2.75, 3.05) is 10.2 Å². The summed E-state index contributed by atoms with van der Waals surface area (Å²) in [5, 5.41) is 3.26. The van der Waals surface area contributed by atoms with Gasteiger partial charge in [-0.15, -0.1) is 0 Å². The van der Waals surface area contributed by atoms with Crippen LogP contribution in [0.25, 0.3) is 0 Å². The summed E-state index contributed by atoms with van der Waals surface area (Å²) < 4.78 is 0. The average Bonchev–Trinajstić information content (AvgIpc) is 2.99. The molecule has 6 heteroatoms. The lowest BCUT2D eigenvalue weighted by Crippen LogP contribution is -2.26. The molecule has 1 amide bonds. The summed E-state index contributed by atoms with van der Waals surface area (Å²) in [6, 6.07) is 15.6. The molecule has 1 unspecified atom stereocenters. The second-order valence-electron chi connectivity index (χ2n) is 6.26. The van der Waals surface area contributed by atoms with Gasteiger partial charge in [-0.3, -0.25) is 4.79 Å². The SMILES string of the molecule is CC1Cc2ccccc2N1c1ncc(C(=O)Nc2ccccc2Cl)cn1. The Labute approximate surface area is 156 Å². The van der Waals surface area contributed by atoms with Gasteiger partial charge in [0.2, 0.25) is 5.95 Å². The Morgan fingerprint density at radius 2 is 1.81 bits per heavy atom. The minimum atomic E-state index is -0.292. The van der Waals surface area contributed by atoms with Gasteiger partial charge in [-0.1, -0.05) is 41.9 Å². The number of carbonyl (C=O) groups is 1. The van der Waals surface area contributed by atoms with Crippen molar-refractivity contribution in [1.82, 2.24) is 9.97 Å². The molecular formula is C20H17ClN4O. The summed E-state index contributed by atoms with van der Waals surface area (Å²) in [5.74, 6) is 0.302. The third-order valence-corrected chi connectivity index (χ3v) is 4.77. The number of halogens is 1. The number of para-hydroxylation sites is 2. The lowest BCUT2D eigenvalue weighted by atomic mass is 10.1. The number of anilines is 3. The van der Waals surface area contributed by atoms with E-state index in [0.717, 1.165) is 12.1 Å². The maximum absolute atomic E-state index is 12.4. The third-order valence-electron chi connectivity index (χ3n) is 4.45. The number of hydrogen-bond acceptors (Lipinski definition) is 4. The highest BCUT2D eigenvalue weighted by Gasteiger charge is 2.28. The highest BCUT2D eigenvalue weighted by Crippen LogP contribution is 2.36. The summed E-state index contributed by atoms with van der Waals surface area (Å²) in [4.78, 5) is 23.3. The Hall–Kier alpha value is -2.92. The Bertz CT molecular complexity index is 958. The van der Waals surface area contributed by atoms with Crippen molar-refractivity contribution in [2.45, 2.75) is 19.4 Å². The normalized spacial score (nSPS) is 15.6. The van der Waals surface area contributed by atoms with E-state index in [1.54, 1.807) is 24.5 Å². The summed E-state index contributed by atoms with van der Waals surface area (Å²) in [6.45, 7) is 2.14. The van der Waals surface area contributed by atoms with Crippen LogP contribution in [0.3, 0.4) is 0 Å². The molecular weight excluding hydrogens is 348 g/mol. The molecule has 0 radical (unpaired) electrons. The maximum atomic E-state index is 12.4. The number of hydrogen-bond donors (Lipinski definition) is 1. The molecule has 2 aromatic carbocycles. The van der Waals surface area contributed by atoms with Gasteiger partial charge < -0.3 is 10.2 Å². The molecule has 0 fully saturated rings. The van der Waals surface area contributed by atoms with Crippen molar-refractivity contribution in [3.63, 3.8) is 0 Å². The zero-order valence-electron chi connectivity index (χ0n) is 14.2. The van der Waals surface area contributed by atoms with E-state index in [1.165, 1.54) is 5.56 Å². The predicted octanol–water partition coefficient (Wildman–Crippen LogP) is 4.47. The topological polar surface area (TPSA) is 58.1 Å². The smallest absolute Gasteiger partial charge is 0.258 e. The Morgan fingerprint density at radius 3 is 2.58 bits per heavy atom. The molecule has 130 valence electrons. The number of benzene rings is 2. The molecule has 1 aliphatic rings. The van der Waals surface area contributed by atoms with Gasteiger partial charge in [0.25, 0.3) is 5.91 Å². The second-order valence-corrected chi connectivity index (χ2v) is 6.66. The monoisotopic (exact) mass is 364 g/mol. The molecule has 0 aliphatic carbocycles. The van der Waals surface area contributed by atoms with Crippen molar-refractivity contribution in [3.8, 4) is 0 Å². The van der Waals surface area contributed by atoms with E-state index in [1.807, 2.05) is 24.3 Å². The number of aromatic nitrogens is 2. The van der Waals surface area contributed by atoms with Crippen LogP contribution in [0.1, 0.15) is 22.8 Å². The first kappa shape index (κ1) is 16.5. The van der Waals surface area contributed by atoms with Gasteiger partial charge in [-0.25, -0.2) is 9.97 Å². The predicted molar refractivity (Wildman–Crippen MR) is 103 cm³/mol. The van der Waals surface area contributed by atoms with E-state index in [-0.39, 0.29) is 11.9 Å². The number of nitrogens with zero attached hydrogens (tertiary/aromatic N) is 3. The number of rotatable bonds is 3. The Kier molecular flexibility index (Phi) is 4.31. The van der Waals surface area contributed by atoms with Gasteiger partial charge in [0.05, 0.1) is 16.3 Å². The van der Waals surface area contributed by atoms with Crippen LogP contribution in [0.2, 0.25) is 5.02 Å². The molecule has 3 aromatic rings. The van der Waals surface area contributed by atoms with Crippen LogP contribution < -0.4 is 10.2 Å². The van der Waals surface area contributed by atoms with Crippen molar-refractivity contribution >= 4 is 34.8 Å². The fourth-order valence-electron chi connectivity index (χ4n) is 3.19. The maximum Gasteiger partial charge on any atom is 0.258 e. The summed E-state index contributed by atoms with van der Waals surface area (Å²) >= 11 is 6.08. The Balaban J connectivity index is 1.56. The third kappa shape index (κ3) is 3.02. The largest absolute Gasteiger partial charge is 0.321 e. The molecule has 0 bridgehead atoms. The van der Waals surface area contributed by atoms with Crippen LogP contribution in [0.4, 0.5) is 17.3 Å². The molecule has 4 rings (SSSR count). The van der Waals surface area contributed by atoms with Gasteiger partial charge in [-0.05, 0) is 37.1 Å². The number of nitrogens with one attached hydrogen (secondary N) is 1. The minimum Gasteiger partial charge on any atom is -0.321 e. The summed E-state index contributed by atoms with van der Waals surface area (Å²) in [5.41, 5.74) is 3.34.